The smallest absolute Gasteiger partial charge is 0.311 e. The van der Waals surface area contributed by atoms with Crippen molar-refractivity contribution in [3.05, 3.63) is 34.5 Å². The van der Waals surface area contributed by atoms with E-state index in [-0.39, 0.29) is 11.4 Å². The van der Waals surface area contributed by atoms with Gasteiger partial charge in [-0.15, -0.1) is 0 Å². The van der Waals surface area contributed by atoms with Crippen LogP contribution in [0.5, 0.6) is 11.5 Å². The van der Waals surface area contributed by atoms with Crippen LogP contribution in [-0.4, -0.2) is 55.3 Å². The van der Waals surface area contributed by atoms with Crippen LogP contribution in [0.4, 0.5) is 23.1 Å². The molecule has 1 saturated heterocycles. The lowest BCUT2D eigenvalue weighted by molar-refractivity contribution is -0.385. The molecule has 2 aromatic rings. The highest BCUT2D eigenvalue weighted by atomic mass is 16.6. The van der Waals surface area contributed by atoms with Crippen LogP contribution >= 0.6 is 0 Å². The Morgan fingerprint density at radius 1 is 1.23 bits per heavy atom. The SMILES string of the molecule is COc1cc(Nc2nc(N3CCNCC3)ncc2OC)ccc1[N+](=O)[O-]. The van der Waals surface area contributed by atoms with Crippen LogP contribution in [0.15, 0.2) is 24.4 Å². The molecule has 10 nitrogen and oxygen atoms in total. The Kier molecular flexibility index (Phi) is 5.32. The van der Waals surface area contributed by atoms with Gasteiger partial charge in [-0.1, -0.05) is 0 Å². The molecule has 0 amide bonds. The molecule has 1 aliphatic heterocycles. The molecule has 0 aliphatic carbocycles. The Labute approximate surface area is 150 Å². The van der Waals surface area contributed by atoms with E-state index in [0.717, 1.165) is 26.2 Å². The normalized spacial score (nSPS) is 14.0. The number of rotatable bonds is 6. The van der Waals surface area contributed by atoms with Crippen molar-refractivity contribution in [3.63, 3.8) is 0 Å². The topological polar surface area (TPSA) is 115 Å². The van der Waals surface area contributed by atoms with Crippen molar-refractivity contribution in [2.24, 2.45) is 0 Å². The van der Waals surface area contributed by atoms with E-state index in [4.69, 9.17) is 9.47 Å². The molecule has 0 spiro atoms. The van der Waals surface area contributed by atoms with Crippen LogP contribution in [0.3, 0.4) is 0 Å². The number of ether oxygens (including phenoxy) is 2. The first kappa shape index (κ1) is 17.7. The molecule has 1 aliphatic rings. The Morgan fingerprint density at radius 2 is 1.96 bits per heavy atom. The molecule has 3 rings (SSSR count). The zero-order valence-electron chi connectivity index (χ0n) is 14.6. The summed E-state index contributed by atoms with van der Waals surface area (Å²) in [6.07, 6.45) is 1.61. The maximum Gasteiger partial charge on any atom is 0.311 e. The third-order valence-corrected chi connectivity index (χ3v) is 4.00. The first-order valence-electron chi connectivity index (χ1n) is 8.08. The minimum atomic E-state index is -0.490. The van der Waals surface area contributed by atoms with Gasteiger partial charge < -0.3 is 25.0 Å². The molecule has 0 saturated carbocycles. The number of benzene rings is 1. The van der Waals surface area contributed by atoms with Gasteiger partial charge in [-0.25, -0.2) is 4.98 Å². The first-order valence-corrected chi connectivity index (χ1v) is 8.08. The van der Waals surface area contributed by atoms with Crippen LogP contribution in [-0.2, 0) is 0 Å². The summed E-state index contributed by atoms with van der Waals surface area (Å²) in [4.78, 5) is 21.5. The van der Waals surface area contributed by atoms with E-state index in [1.807, 2.05) is 0 Å². The van der Waals surface area contributed by atoms with Crippen LogP contribution in [0.2, 0.25) is 0 Å². The number of piperazine rings is 1. The van der Waals surface area contributed by atoms with Gasteiger partial charge in [-0.2, -0.15) is 4.98 Å². The molecule has 1 aromatic heterocycles. The second-order valence-corrected chi connectivity index (χ2v) is 5.59. The lowest BCUT2D eigenvalue weighted by atomic mass is 10.2. The number of anilines is 3. The molecule has 0 atom stereocenters. The van der Waals surface area contributed by atoms with Gasteiger partial charge in [0.2, 0.25) is 5.95 Å². The van der Waals surface area contributed by atoms with Crippen LogP contribution in [0.1, 0.15) is 0 Å². The molecule has 1 aromatic carbocycles. The minimum absolute atomic E-state index is 0.103. The van der Waals surface area contributed by atoms with Crippen molar-refractivity contribution in [1.82, 2.24) is 15.3 Å². The lowest BCUT2D eigenvalue weighted by Crippen LogP contribution is -2.44. The number of nitro groups is 1. The van der Waals surface area contributed by atoms with E-state index >= 15 is 0 Å². The molecule has 2 N–H and O–H groups in total. The maximum absolute atomic E-state index is 11.0. The van der Waals surface area contributed by atoms with E-state index in [0.29, 0.717) is 23.2 Å². The van der Waals surface area contributed by atoms with E-state index in [1.165, 1.54) is 20.3 Å². The van der Waals surface area contributed by atoms with Gasteiger partial charge in [0.1, 0.15) is 0 Å². The fourth-order valence-electron chi connectivity index (χ4n) is 2.66. The molecular weight excluding hydrogens is 340 g/mol. The molecule has 138 valence electrons. The van der Waals surface area contributed by atoms with Gasteiger partial charge in [0.25, 0.3) is 0 Å². The van der Waals surface area contributed by atoms with Crippen molar-refractivity contribution < 1.29 is 14.4 Å². The highest BCUT2D eigenvalue weighted by molar-refractivity contribution is 5.67. The van der Waals surface area contributed by atoms with Crippen LogP contribution in [0.25, 0.3) is 0 Å². The number of aromatic nitrogens is 2. The largest absolute Gasteiger partial charge is 0.491 e. The molecule has 26 heavy (non-hydrogen) atoms. The molecule has 0 bridgehead atoms. The molecular formula is C16H20N6O4. The number of nitrogens with zero attached hydrogens (tertiary/aromatic N) is 4. The Morgan fingerprint density at radius 3 is 2.62 bits per heavy atom. The summed E-state index contributed by atoms with van der Waals surface area (Å²) in [6.45, 7) is 3.38. The summed E-state index contributed by atoms with van der Waals surface area (Å²) in [5.74, 6) is 1.71. The predicted octanol–water partition coefficient (Wildman–Crippen LogP) is 1.56. The average molecular weight is 360 g/mol. The summed E-state index contributed by atoms with van der Waals surface area (Å²) in [5, 5.41) is 17.4. The van der Waals surface area contributed by atoms with Crippen molar-refractivity contribution in [2.75, 3.05) is 50.6 Å². The third-order valence-electron chi connectivity index (χ3n) is 4.00. The minimum Gasteiger partial charge on any atom is -0.491 e. The highest BCUT2D eigenvalue weighted by Gasteiger charge is 2.18. The zero-order valence-corrected chi connectivity index (χ0v) is 14.6. The van der Waals surface area contributed by atoms with Crippen molar-refractivity contribution in [2.45, 2.75) is 0 Å². The first-order chi connectivity index (χ1) is 12.6. The number of hydrogen-bond donors (Lipinski definition) is 2. The number of methoxy groups -OCH3 is 2. The van der Waals surface area contributed by atoms with Gasteiger partial charge >= 0.3 is 5.69 Å². The predicted molar refractivity (Wildman–Crippen MR) is 96.6 cm³/mol. The summed E-state index contributed by atoms with van der Waals surface area (Å²) < 4.78 is 10.4. The highest BCUT2D eigenvalue weighted by Crippen LogP contribution is 2.33. The second-order valence-electron chi connectivity index (χ2n) is 5.59. The van der Waals surface area contributed by atoms with Gasteiger partial charge in [-0.3, -0.25) is 10.1 Å². The summed E-state index contributed by atoms with van der Waals surface area (Å²) in [6, 6.07) is 4.52. The summed E-state index contributed by atoms with van der Waals surface area (Å²) >= 11 is 0. The fourth-order valence-corrected chi connectivity index (χ4v) is 2.66. The summed E-state index contributed by atoms with van der Waals surface area (Å²) in [5.41, 5.74) is 0.491. The standard InChI is InChI=1S/C16H20N6O4/c1-25-13-9-11(3-4-12(13)22(23)24)19-15-14(26-2)10-18-16(20-15)21-7-5-17-6-8-21/h3-4,9-10,17H,5-8H2,1-2H3,(H,18,19,20). The second kappa shape index (κ2) is 7.83. The molecule has 10 heteroatoms. The Balaban J connectivity index is 1.89. The number of nitrogens with one attached hydrogen (secondary N) is 2. The molecule has 0 radical (unpaired) electrons. The lowest BCUT2D eigenvalue weighted by Gasteiger charge is -2.27. The molecule has 1 fully saturated rings. The van der Waals surface area contributed by atoms with Gasteiger partial charge in [0.15, 0.2) is 17.3 Å². The monoisotopic (exact) mass is 360 g/mol. The average Bonchev–Trinajstić information content (AvgIpc) is 2.68. The fraction of sp³-hybridized carbons (Fsp3) is 0.375. The van der Waals surface area contributed by atoms with Gasteiger partial charge in [-0.05, 0) is 6.07 Å². The Bertz CT molecular complexity index is 794. The molecule has 0 unspecified atom stereocenters. The van der Waals surface area contributed by atoms with Crippen LogP contribution in [0, 0.1) is 10.1 Å². The Hall–Kier alpha value is -3.14. The summed E-state index contributed by atoms with van der Waals surface area (Å²) in [7, 11) is 2.92. The maximum atomic E-state index is 11.0. The number of hydrogen-bond acceptors (Lipinski definition) is 9. The van der Waals surface area contributed by atoms with E-state index in [9.17, 15) is 10.1 Å². The van der Waals surface area contributed by atoms with Gasteiger partial charge in [0, 0.05) is 44.0 Å². The zero-order chi connectivity index (χ0) is 18.5. The number of nitro benzene ring substituents is 1. The van der Waals surface area contributed by atoms with Gasteiger partial charge in [0.05, 0.1) is 25.3 Å². The van der Waals surface area contributed by atoms with E-state index in [2.05, 4.69) is 25.5 Å². The van der Waals surface area contributed by atoms with E-state index < -0.39 is 4.92 Å². The van der Waals surface area contributed by atoms with Crippen molar-refractivity contribution >= 4 is 23.1 Å². The van der Waals surface area contributed by atoms with Crippen molar-refractivity contribution in [3.8, 4) is 11.5 Å². The van der Waals surface area contributed by atoms with Crippen LogP contribution < -0.4 is 25.0 Å². The quantitative estimate of drug-likeness (QED) is 0.585. The molecule has 2 heterocycles. The van der Waals surface area contributed by atoms with Crippen molar-refractivity contribution in [1.29, 1.82) is 0 Å². The third kappa shape index (κ3) is 3.75. The van der Waals surface area contributed by atoms with E-state index in [1.54, 1.807) is 18.3 Å².